The lowest BCUT2D eigenvalue weighted by Crippen LogP contribution is -2.25. The highest BCUT2D eigenvalue weighted by Gasteiger charge is 2.17. The lowest BCUT2D eigenvalue weighted by molar-refractivity contribution is -0.118. The molecule has 0 unspecified atom stereocenters. The van der Waals surface area contributed by atoms with Gasteiger partial charge in [0.05, 0.1) is 5.69 Å². The van der Waals surface area contributed by atoms with E-state index in [1.54, 1.807) is 42.5 Å². The Labute approximate surface area is 127 Å². The first-order valence-electron chi connectivity index (χ1n) is 6.60. The summed E-state index contributed by atoms with van der Waals surface area (Å²) in [5.41, 5.74) is 2.30. The summed E-state index contributed by atoms with van der Waals surface area (Å²) in [4.78, 5) is 23.5. The molecule has 5 nitrogen and oxygen atoms in total. The van der Waals surface area contributed by atoms with Crippen LogP contribution < -0.4 is 15.4 Å². The summed E-state index contributed by atoms with van der Waals surface area (Å²) in [6.07, 6.45) is 5.33. The van der Waals surface area contributed by atoms with Crippen molar-refractivity contribution >= 4 is 23.2 Å². The molecule has 3 rings (SSSR count). The van der Waals surface area contributed by atoms with Gasteiger partial charge in [-0.25, -0.2) is 0 Å². The number of benzene rings is 2. The number of hydrogen-bond acceptors (Lipinski definition) is 3. The molecule has 2 amide bonds. The maximum absolute atomic E-state index is 12.3. The predicted octanol–water partition coefficient (Wildman–Crippen LogP) is 2.25. The van der Waals surface area contributed by atoms with Gasteiger partial charge in [0.25, 0.3) is 11.8 Å². The first-order valence-corrected chi connectivity index (χ1v) is 6.60. The summed E-state index contributed by atoms with van der Waals surface area (Å²) in [5.74, 6) is 2.50. The average Bonchev–Trinajstić information content (AvgIpc) is 2.54. The average molecular weight is 292 g/mol. The van der Waals surface area contributed by atoms with E-state index in [0.29, 0.717) is 28.3 Å². The molecule has 2 aromatic rings. The van der Waals surface area contributed by atoms with Gasteiger partial charge in [0.2, 0.25) is 0 Å². The van der Waals surface area contributed by atoms with Gasteiger partial charge < -0.3 is 15.4 Å². The van der Waals surface area contributed by atoms with Crippen LogP contribution in [0.2, 0.25) is 0 Å². The minimum atomic E-state index is -0.280. The van der Waals surface area contributed by atoms with Gasteiger partial charge in [-0.05, 0) is 36.4 Å². The number of ether oxygens (including phenoxy) is 1. The minimum Gasteiger partial charge on any atom is -0.482 e. The van der Waals surface area contributed by atoms with Gasteiger partial charge in [-0.2, -0.15) is 0 Å². The molecule has 0 fully saturated rings. The molecule has 0 saturated carbocycles. The number of rotatable bonds is 2. The van der Waals surface area contributed by atoms with Crippen LogP contribution in [-0.4, -0.2) is 18.4 Å². The molecule has 0 radical (unpaired) electrons. The third-order valence-corrected chi connectivity index (χ3v) is 3.16. The highest BCUT2D eigenvalue weighted by atomic mass is 16.5. The van der Waals surface area contributed by atoms with E-state index in [4.69, 9.17) is 11.2 Å². The molecule has 0 atom stereocenters. The molecule has 0 aliphatic carbocycles. The summed E-state index contributed by atoms with van der Waals surface area (Å²) >= 11 is 0. The van der Waals surface area contributed by atoms with E-state index in [2.05, 4.69) is 16.6 Å². The van der Waals surface area contributed by atoms with Crippen molar-refractivity contribution in [3.8, 4) is 18.1 Å². The lowest BCUT2D eigenvalue weighted by atomic mass is 10.1. The summed E-state index contributed by atoms with van der Waals surface area (Å²) in [6, 6.07) is 11.9. The van der Waals surface area contributed by atoms with Gasteiger partial charge in [0.15, 0.2) is 6.61 Å². The van der Waals surface area contributed by atoms with Crippen molar-refractivity contribution in [3.05, 3.63) is 53.6 Å². The third kappa shape index (κ3) is 2.76. The molecule has 1 heterocycles. The number of amides is 2. The van der Waals surface area contributed by atoms with Crippen molar-refractivity contribution in [1.82, 2.24) is 0 Å². The van der Waals surface area contributed by atoms with Crippen molar-refractivity contribution in [2.75, 3.05) is 17.2 Å². The van der Waals surface area contributed by atoms with E-state index in [9.17, 15) is 9.59 Å². The number of terminal acetylenes is 1. The summed E-state index contributed by atoms with van der Waals surface area (Å²) < 4.78 is 5.29. The van der Waals surface area contributed by atoms with Gasteiger partial charge in [0.1, 0.15) is 5.75 Å². The van der Waals surface area contributed by atoms with Gasteiger partial charge in [-0.3, -0.25) is 9.59 Å². The molecule has 22 heavy (non-hydrogen) atoms. The van der Waals surface area contributed by atoms with Crippen LogP contribution in [0.5, 0.6) is 5.75 Å². The molecule has 1 aliphatic rings. The molecule has 2 aromatic carbocycles. The number of anilines is 2. The molecule has 0 bridgehead atoms. The zero-order valence-corrected chi connectivity index (χ0v) is 11.6. The Morgan fingerprint density at radius 1 is 1.27 bits per heavy atom. The van der Waals surface area contributed by atoms with E-state index >= 15 is 0 Å². The number of carbonyl (C=O) groups excluding carboxylic acids is 2. The highest BCUT2D eigenvalue weighted by Crippen LogP contribution is 2.28. The Bertz CT molecular complexity index is 806. The Morgan fingerprint density at radius 2 is 2.14 bits per heavy atom. The maximum atomic E-state index is 12.3. The SMILES string of the molecule is C#Cc1cccc(NC(=O)c2ccc3c(c2)OCC(=O)N3)c1. The quantitative estimate of drug-likeness (QED) is 0.834. The fourth-order valence-electron chi connectivity index (χ4n) is 2.11. The van der Waals surface area contributed by atoms with Crippen LogP contribution in [0.25, 0.3) is 0 Å². The van der Waals surface area contributed by atoms with Crippen molar-refractivity contribution < 1.29 is 14.3 Å². The molecule has 0 saturated heterocycles. The van der Waals surface area contributed by atoms with Crippen LogP contribution in [0, 0.1) is 12.3 Å². The molecule has 5 heteroatoms. The van der Waals surface area contributed by atoms with Gasteiger partial charge in [-0.1, -0.05) is 12.0 Å². The van der Waals surface area contributed by atoms with Crippen LogP contribution in [0.4, 0.5) is 11.4 Å². The molecule has 1 aliphatic heterocycles. The first kappa shape index (κ1) is 13.7. The van der Waals surface area contributed by atoms with Crippen molar-refractivity contribution in [2.45, 2.75) is 0 Å². The summed E-state index contributed by atoms with van der Waals surface area (Å²) in [5, 5.41) is 5.44. The fraction of sp³-hybridized carbons (Fsp3) is 0.0588. The van der Waals surface area contributed by atoms with E-state index in [1.807, 2.05) is 0 Å². The molecular formula is C17H12N2O3. The van der Waals surface area contributed by atoms with E-state index in [0.717, 1.165) is 0 Å². The molecular weight excluding hydrogens is 280 g/mol. The fourth-order valence-corrected chi connectivity index (χ4v) is 2.11. The molecule has 0 spiro atoms. The smallest absolute Gasteiger partial charge is 0.262 e. The van der Waals surface area contributed by atoms with Crippen LogP contribution in [0.15, 0.2) is 42.5 Å². The monoisotopic (exact) mass is 292 g/mol. The van der Waals surface area contributed by atoms with Crippen LogP contribution >= 0.6 is 0 Å². The van der Waals surface area contributed by atoms with Gasteiger partial charge in [-0.15, -0.1) is 6.42 Å². The van der Waals surface area contributed by atoms with E-state index in [1.165, 1.54) is 0 Å². The molecule has 0 aromatic heterocycles. The van der Waals surface area contributed by atoms with Crippen LogP contribution in [0.3, 0.4) is 0 Å². The second-order valence-corrected chi connectivity index (χ2v) is 4.73. The third-order valence-electron chi connectivity index (χ3n) is 3.16. The Balaban J connectivity index is 1.81. The minimum absolute atomic E-state index is 0.0533. The van der Waals surface area contributed by atoms with Gasteiger partial charge >= 0.3 is 0 Å². The van der Waals surface area contributed by atoms with Crippen LogP contribution in [0.1, 0.15) is 15.9 Å². The highest BCUT2D eigenvalue weighted by molar-refractivity contribution is 6.05. The number of carbonyl (C=O) groups is 2. The maximum Gasteiger partial charge on any atom is 0.262 e. The van der Waals surface area contributed by atoms with Crippen molar-refractivity contribution in [2.24, 2.45) is 0 Å². The van der Waals surface area contributed by atoms with Crippen molar-refractivity contribution in [3.63, 3.8) is 0 Å². The van der Waals surface area contributed by atoms with Crippen LogP contribution in [-0.2, 0) is 4.79 Å². The Kier molecular flexibility index (Phi) is 3.50. The first-order chi connectivity index (χ1) is 10.7. The number of fused-ring (bicyclic) bond motifs is 1. The Morgan fingerprint density at radius 3 is 2.95 bits per heavy atom. The number of nitrogens with one attached hydrogen (secondary N) is 2. The summed E-state index contributed by atoms with van der Waals surface area (Å²) in [6.45, 7) is -0.0533. The largest absolute Gasteiger partial charge is 0.482 e. The normalized spacial score (nSPS) is 12.4. The zero-order chi connectivity index (χ0) is 15.5. The predicted molar refractivity (Wildman–Crippen MR) is 82.9 cm³/mol. The summed E-state index contributed by atoms with van der Waals surface area (Å²) in [7, 11) is 0. The molecule has 2 N–H and O–H groups in total. The topological polar surface area (TPSA) is 67.4 Å². The van der Waals surface area contributed by atoms with E-state index in [-0.39, 0.29) is 18.4 Å². The lowest BCUT2D eigenvalue weighted by Gasteiger charge is -2.18. The zero-order valence-electron chi connectivity index (χ0n) is 11.6. The molecule has 108 valence electrons. The second kappa shape index (κ2) is 5.62. The van der Waals surface area contributed by atoms with E-state index < -0.39 is 0 Å². The second-order valence-electron chi connectivity index (χ2n) is 4.73. The van der Waals surface area contributed by atoms with Crippen molar-refractivity contribution in [1.29, 1.82) is 0 Å². The number of hydrogen-bond donors (Lipinski definition) is 2. The van der Waals surface area contributed by atoms with Gasteiger partial charge in [0, 0.05) is 16.8 Å². The standard InChI is InChI=1S/C17H12N2O3/c1-2-11-4-3-5-13(8-11)18-17(21)12-6-7-14-15(9-12)22-10-16(20)19-14/h1,3-9H,10H2,(H,18,21)(H,19,20). The Hall–Kier alpha value is -3.26.